The molecule has 28 heteroatoms. The number of nitrogens with one attached hydrogen (secondary N) is 2. The zero-order chi connectivity index (χ0) is 98.3. The molecule has 0 spiro atoms. The molecule has 26 nitrogen and oxygen atoms in total. The maximum atomic E-state index is 17.1. The van der Waals surface area contributed by atoms with E-state index in [9.17, 15) is 19.2 Å². The van der Waals surface area contributed by atoms with Crippen LogP contribution in [0.4, 0.5) is 11.4 Å². The number of imide groups is 2. The number of carbonyl (C=O) groups is 10. The van der Waals surface area contributed by atoms with E-state index >= 15 is 28.8 Å². The Balaban J connectivity index is 0.876. The molecule has 0 saturated heterocycles. The topological polar surface area (TPSA) is 312 Å². The molecule has 2 aliphatic heterocycles. The molecule has 0 radical (unpaired) electrons. The van der Waals surface area contributed by atoms with E-state index < -0.39 is 95.8 Å². The molecule has 10 unspecified atom stereocenters. The molecule has 0 aromatic heterocycles. The zero-order valence-electron chi connectivity index (χ0n) is 77.2. The predicted molar refractivity (Wildman–Crippen MR) is 535 cm³/mol. The molecular weight excluding hydrogens is 1850 g/mol. The minimum atomic E-state index is -1.61. The Morgan fingerprint density at radius 3 is 0.775 bits per heavy atom. The highest BCUT2D eigenvalue weighted by molar-refractivity contribution is 6.45. The molecule has 13 aromatic carbocycles. The van der Waals surface area contributed by atoms with Crippen LogP contribution in [0.25, 0.3) is 43.1 Å². The number of nitrogens with zero attached hydrogens (tertiary/aromatic N) is 2. The number of anilines is 2. The van der Waals surface area contributed by atoms with Crippen LogP contribution in [-0.2, 0) is 60.6 Å². The second-order valence-electron chi connectivity index (χ2n) is 36.0. The fraction of sp³-hybridized carbons (Fsp3) is 0.246. The number of hydrogen-bond donors (Lipinski definition) is 2. The van der Waals surface area contributed by atoms with Gasteiger partial charge in [-0.25, -0.2) is 19.2 Å². The van der Waals surface area contributed by atoms with Gasteiger partial charge in [0.15, 0.2) is 0 Å². The molecular formula is C114H98Cl2N4O22. The lowest BCUT2D eigenvalue weighted by atomic mass is 9.80. The summed E-state index contributed by atoms with van der Waals surface area (Å²) >= 11 is 12.9. The van der Waals surface area contributed by atoms with E-state index in [4.69, 9.17) is 80.0 Å². The number of ether oxygens (including phenoxy) is 12. The van der Waals surface area contributed by atoms with Crippen molar-refractivity contribution in [2.75, 3.05) is 10.6 Å². The minimum absolute atomic E-state index is 0.0234. The van der Waals surface area contributed by atoms with Crippen LogP contribution in [0.15, 0.2) is 281 Å². The summed E-state index contributed by atoms with van der Waals surface area (Å²) in [6.07, 6.45) is 10.3. The van der Waals surface area contributed by atoms with Crippen molar-refractivity contribution in [3.05, 3.63) is 325 Å². The summed E-state index contributed by atoms with van der Waals surface area (Å²) < 4.78 is 79.4. The largest absolute Gasteiger partial charge is 0.490 e. The molecule has 720 valence electrons. The van der Waals surface area contributed by atoms with Crippen molar-refractivity contribution >= 4 is 137 Å². The smallest absolute Gasteiger partial charge is 0.330 e. The summed E-state index contributed by atoms with van der Waals surface area (Å²) in [5, 5.41) is 7.35. The average molecular weight is 1950 g/mol. The first kappa shape index (κ1) is 95.1. The number of hydrogen-bond acceptors (Lipinski definition) is 22. The summed E-state index contributed by atoms with van der Waals surface area (Å²) in [5.41, 5.74) is 1.15. The lowest BCUT2D eigenvalue weighted by Gasteiger charge is -2.36. The molecule has 2 heterocycles. The molecule has 4 fully saturated rings. The van der Waals surface area contributed by atoms with Gasteiger partial charge in [-0.1, -0.05) is 110 Å². The molecule has 4 aliphatic carbocycles. The van der Waals surface area contributed by atoms with Gasteiger partial charge >= 0.3 is 23.9 Å². The summed E-state index contributed by atoms with van der Waals surface area (Å²) in [6, 6.07) is 60.3. The van der Waals surface area contributed by atoms with Gasteiger partial charge in [-0.15, -0.1) is 0 Å². The third-order valence-corrected chi connectivity index (χ3v) is 27.0. The molecule has 6 amide bonds. The Morgan fingerprint density at radius 1 is 0.303 bits per heavy atom. The van der Waals surface area contributed by atoms with E-state index in [2.05, 4.69) is 36.9 Å². The summed E-state index contributed by atoms with van der Waals surface area (Å²) in [6.45, 7) is 14.4. The fourth-order valence-electron chi connectivity index (χ4n) is 20.0. The Hall–Kier alpha value is -15.8. The van der Waals surface area contributed by atoms with E-state index in [0.717, 1.165) is 34.1 Å². The molecule has 2 N–H and O–H groups in total. The Kier molecular flexibility index (Phi) is 28.2. The Labute approximate surface area is 827 Å². The molecule has 13 aromatic rings. The highest BCUT2D eigenvalue weighted by atomic mass is 35.5. The standard InChI is InChI=1S/C114H98Cl2N4O22/c1-5-97(121)139-83-27-15-23-79(57-83)131-71-39-47-75(48-40-71)135-93-61-87-101-88(112(128)119(111(87)127)91(55-65-19-11-9-12-20-65)109(125)117-69-35-31-67(115)32-36-69)63-95(137-77-51-43-73(44-52-77)133-81-25-17-29-85(59-81)141-99(123)7-3)105-106-96(138-78-53-45-74(46-54-78)134-82-26-18-30-86(60-82)142-100(124)8-4)64-90-102-89(113(129)120(114(90)130)92(56-66-21-13-10-14-22-66)110(126)118-70-37-33-68(116)34-38-70)62-94(104(108(102)106)103(93)107(101)105)136-76-49-41-72(42-50-76)132-80-24-16-28-84(58-80)140-98(122)6-2/h5-14,19-22,31-54,61-64,79-86,91-92H,1-4,15-18,23-30,55-60H2,(H,117,125)(H,118,126). The first-order valence-corrected chi connectivity index (χ1v) is 48.2. The summed E-state index contributed by atoms with van der Waals surface area (Å²) in [5.74, 6) is -5.53. The van der Waals surface area contributed by atoms with Gasteiger partial charge in [0.1, 0.15) is 130 Å². The number of benzene rings is 13. The van der Waals surface area contributed by atoms with Crippen molar-refractivity contribution in [1.82, 2.24) is 9.80 Å². The first-order valence-electron chi connectivity index (χ1n) is 47.5. The second-order valence-corrected chi connectivity index (χ2v) is 36.9. The van der Waals surface area contributed by atoms with E-state index in [0.29, 0.717) is 158 Å². The van der Waals surface area contributed by atoms with Crippen molar-refractivity contribution in [2.24, 2.45) is 0 Å². The Morgan fingerprint density at radius 2 is 0.535 bits per heavy atom. The third kappa shape index (κ3) is 20.9. The van der Waals surface area contributed by atoms with Gasteiger partial charge in [0, 0.05) is 127 Å². The van der Waals surface area contributed by atoms with Crippen molar-refractivity contribution < 1.29 is 105 Å². The maximum absolute atomic E-state index is 17.1. The van der Waals surface area contributed by atoms with E-state index in [1.807, 2.05) is 0 Å². The molecule has 10 atom stereocenters. The second kappa shape index (κ2) is 42.1. The number of fused-ring (bicyclic) bond motifs is 2. The Bertz CT molecular complexity index is 6360. The van der Waals surface area contributed by atoms with E-state index in [1.54, 1.807) is 206 Å². The summed E-state index contributed by atoms with van der Waals surface area (Å²) in [7, 11) is 0. The van der Waals surface area contributed by atoms with Crippen molar-refractivity contribution in [3.8, 4) is 69.0 Å². The van der Waals surface area contributed by atoms with Crippen molar-refractivity contribution in [2.45, 2.75) is 176 Å². The number of halogens is 2. The van der Waals surface area contributed by atoms with Crippen LogP contribution >= 0.6 is 23.2 Å². The van der Waals surface area contributed by atoms with Gasteiger partial charge < -0.3 is 67.5 Å². The van der Waals surface area contributed by atoms with Crippen LogP contribution in [0.1, 0.15) is 155 Å². The van der Waals surface area contributed by atoms with Crippen LogP contribution in [-0.4, -0.2) is 130 Å². The van der Waals surface area contributed by atoms with Crippen LogP contribution < -0.4 is 48.5 Å². The highest BCUT2D eigenvalue weighted by Gasteiger charge is 2.48. The van der Waals surface area contributed by atoms with E-state index in [-0.39, 0.29) is 149 Å². The highest BCUT2D eigenvalue weighted by Crippen LogP contribution is 2.59. The van der Waals surface area contributed by atoms with Gasteiger partial charge in [0.2, 0.25) is 11.8 Å². The first-order chi connectivity index (χ1) is 69.0. The monoisotopic (exact) mass is 1940 g/mol. The quantitative estimate of drug-likeness (QED) is 0.00945. The molecule has 6 aliphatic rings. The van der Waals surface area contributed by atoms with Crippen LogP contribution in [0.2, 0.25) is 10.0 Å². The minimum Gasteiger partial charge on any atom is -0.490 e. The normalized spacial score (nSPS) is 19.2. The third-order valence-electron chi connectivity index (χ3n) is 26.5. The molecule has 19 rings (SSSR count). The SMILES string of the molecule is C=CC(=O)OC1CCCC(Oc2ccc(Oc3cc4c5c(cc(Oc6ccc(OC7CCCC(OC(=O)C=C)C7)cc6)c6c7c(Oc8ccc(OC9CCCC(OC(=O)C=C)C9)cc8)cc8c9c(cc(Oc%10ccc(OC%11CCCC(OC(=O)C=C)C%11)cc%10)c(c3c56)c97)C(=O)N(C(Cc3ccccc3)C(=O)Nc3ccc(Cl)cc3)C8=O)C(=O)N(C(Cc3ccccc3)C(=O)Nc3ccc(Cl)cc3)C4=O)cc2)C1. The average Bonchev–Trinajstić information content (AvgIpc) is 0.668. The number of rotatable bonds is 34. The van der Waals surface area contributed by atoms with Crippen LogP contribution in [0, 0.1) is 0 Å². The van der Waals surface area contributed by atoms with Crippen LogP contribution in [0.5, 0.6) is 69.0 Å². The molecule has 0 bridgehead atoms. The maximum Gasteiger partial charge on any atom is 0.330 e. The lowest BCUT2D eigenvalue weighted by molar-refractivity contribution is -0.146. The summed E-state index contributed by atoms with van der Waals surface area (Å²) in [4.78, 5) is 152. The number of carbonyl (C=O) groups excluding carboxylic acids is 10. The van der Waals surface area contributed by atoms with Gasteiger partial charge in [-0.05, 0) is 258 Å². The molecule has 142 heavy (non-hydrogen) atoms. The zero-order valence-corrected chi connectivity index (χ0v) is 78.7. The van der Waals surface area contributed by atoms with E-state index in [1.165, 1.54) is 24.3 Å². The number of esters is 4. The van der Waals surface area contributed by atoms with Crippen molar-refractivity contribution in [1.29, 1.82) is 0 Å². The number of amides is 6. The van der Waals surface area contributed by atoms with Gasteiger partial charge in [-0.2, -0.15) is 0 Å². The van der Waals surface area contributed by atoms with Gasteiger partial charge in [-0.3, -0.25) is 38.6 Å². The molecule has 4 saturated carbocycles. The fourth-order valence-corrected chi connectivity index (χ4v) is 20.2. The van der Waals surface area contributed by atoms with Crippen LogP contribution in [0.3, 0.4) is 0 Å². The predicted octanol–water partition coefficient (Wildman–Crippen LogP) is 23.6. The van der Waals surface area contributed by atoms with Gasteiger partial charge in [0.25, 0.3) is 23.6 Å². The van der Waals surface area contributed by atoms with Crippen molar-refractivity contribution in [3.63, 3.8) is 0 Å². The van der Waals surface area contributed by atoms with Gasteiger partial charge in [0.05, 0.1) is 22.3 Å². The lowest BCUT2D eigenvalue weighted by Crippen LogP contribution is -2.53.